The molecule has 0 atom stereocenters. The van der Waals surface area contributed by atoms with E-state index in [2.05, 4.69) is 128 Å². The minimum Gasteiger partial charge on any atom is -0.507 e. The molecule has 8 rings (SSSR count). The first-order chi connectivity index (χ1) is 27.3. The third-order valence-corrected chi connectivity index (χ3v) is 10.8. The summed E-state index contributed by atoms with van der Waals surface area (Å²) in [6, 6.07) is 27.5. The van der Waals surface area contributed by atoms with Gasteiger partial charge in [0.25, 0.3) is 0 Å². The van der Waals surface area contributed by atoms with Crippen LogP contribution in [-0.2, 0) is 17.3 Å². The number of hydrogen-bond donors (Lipinski definition) is 5. The van der Waals surface area contributed by atoms with Crippen molar-refractivity contribution in [3.8, 4) is 33.8 Å². The van der Waals surface area contributed by atoms with Crippen molar-refractivity contribution in [2.45, 2.75) is 99.3 Å². The second kappa shape index (κ2) is 15.0. The van der Waals surface area contributed by atoms with E-state index in [1.54, 1.807) is 12.1 Å². The largest absolute Gasteiger partial charge is 0.507 e. The van der Waals surface area contributed by atoms with Crippen molar-refractivity contribution >= 4 is 33.1 Å². The summed E-state index contributed by atoms with van der Waals surface area (Å²) in [5.41, 5.74) is 12.0. The van der Waals surface area contributed by atoms with E-state index in [9.17, 15) is 10.2 Å². The van der Waals surface area contributed by atoms with Crippen LogP contribution in [0.1, 0.15) is 104 Å². The number of phenols is 2. The SMILES string of the molecule is CC(C)(C)CC(C)(C)c1ccc(O)c(-c2ccc3n[nH]nc3c2Cc2c(-c3cc(C(C)(C)CC(C)(C)C)ccc3O)ccc3n[nH]nc23)c1.c1ccc2n[nH]nc2c1. The smallest absolute Gasteiger partial charge is 0.123 e. The number of nitrogens with one attached hydrogen (secondary N) is 3. The Labute approximate surface area is 339 Å². The van der Waals surface area contributed by atoms with Crippen LogP contribution in [0, 0.1) is 10.8 Å². The molecule has 0 fully saturated rings. The Bertz CT molecular complexity index is 2540. The number of aromatic hydroxyl groups is 2. The van der Waals surface area contributed by atoms with Gasteiger partial charge >= 0.3 is 0 Å². The lowest BCUT2D eigenvalue weighted by molar-refractivity contribution is 0.283. The number of H-pyrrole nitrogens is 3. The van der Waals surface area contributed by atoms with Gasteiger partial charge in [-0.15, -0.1) is 0 Å². The zero-order chi connectivity index (χ0) is 41.6. The predicted molar refractivity (Wildman–Crippen MR) is 233 cm³/mol. The Morgan fingerprint density at radius 1 is 0.431 bits per heavy atom. The van der Waals surface area contributed by atoms with Gasteiger partial charge in [-0.3, -0.25) is 0 Å². The number of nitrogens with zero attached hydrogens (tertiary/aromatic N) is 6. The molecule has 0 saturated carbocycles. The third-order valence-electron chi connectivity index (χ3n) is 10.8. The standard InChI is InChI=1S/C41H50N6O2.C6H5N3/c1-38(2,3)22-40(7,8)24-11-17-34(48)28(19-24)26-13-15-32-36(44-46-42-32)30(26)21-31-27(14-16-33-37(31)45-47-43-33)29-20-25(12-18-35(29)49)41(9,10)23-39(4,5)6;1-2-4-6-5(3-1)7-9-8-6/h11-20,48-49H,21-23H2,1-10H3,(H,42,44,46)(H,43,45,47);1-4H,(H,7,8,9). The van der Waals surface area contributed by atoms with Crippen LogP contribution in [0.5, 0.6) is 11.5 Å². The van der Waals surface area contributed by atoms with E-state index in [1.807, 2.05) is 60.7 Å². The van der Waals surface area contributed by atoms with Crippen LogP contribution in [0.4, 0.5) is 0 Å². The summed E-state index contributed by atoms with van der Waals surface area (Å²) < 4.78 is 0. The quantitative estimate of drug-likeness (QED) is 0.102. The molecule has 58 heavy (non-hydrogen) atoms. The average Bonchev–Trinajstić information content (AvgIpc) is 3.92. The molecule has 5 aromatic carbocycles. The average molecular weight is 778 g/mol. The van der Waals surface area contributed by atoms with Crippen LogP contribution in [0.2, 0.25) is 0 Å². The maximum atomic E-state index is 11.4. The van der Waals surface area contributed by atoms with Gasteiger partial charge in [-0.25, -0.2) is 0 Å². The van der Waals surface area contributed by atoms with Crippen LogP contribution < -0.4 is 0 Å². The maximum Gasteiger partial charge on any atom is 0.123 e. The van der Waals surface area contributed by atoms with Crippen molar-refractivity contribution in [3.05, 3.63) is 107 Å². The zero-order valence-corrected chi connectivity index (χ0v) is 35.3. The molecule has 0 saturated heterocycles. The highest BCUT2D eigenvalue weighted by molar-refractivity contribution is 5.92. The first-order valence-electron chi connectivity index (χ1n) is 19.9. The van der Waals surface area contributed by atoms with Crippen LogP contribution in [0.15, 0.2) is 84.9 Å². The molecule has 3 aromatic heterocycles. The molecule has 0 spiro atoms. The Hall–Kier alpha value is -6.10. The summed E-state index contributed by atoms with van der Waals surface area (Å²) >= 11 is 0. The van der Waals surface area contributed by atoms with Gasteiger partial charge in [-0.05, 0) is 116 Å². The first kappa shape index (κ1) is 40.1. The zero-order valence-electron chi connectivity index (χ0n) is 35.3. The number of rotatable bonds is 8. The van der Waals surface area contributed by atoms with Crippen LogP contribution in [0.25, 0.3) is 55.4 Å². The number of phenolic OH excluding ortho intramolecular Hbond substituents is 2. The number of hydrogen-bond acceptors (Lipinski definition) is 8. The maximum absolute atomic E-state index is 11.4. The molecule has 5 N–H and O–H groups in total. The molecule has 0 bridgehead atoms. The van der Waals surface area contributed by atoms with Gasteiger partial charge in [-0.2, -0.15) is 46.2 Å². The van der Waals surface area contributed by atoms with Gasteiger partial charge in [0.2, 0.25) is 0 Å². The summed E-state index contributed by atoms with van der Waals surface area (Å²) in [7, 11) is 0. The summed E-state index contributed by atoms with van der Waals surface area (Å²) in [5.74, 6) is 0.399. The molecule has 0 aliphatic rings. The summed E-state index contributed by atoms with van der Waals surface area (Å²) in [6.07, 6.45) is 2.36. The Kier molecular flexibility index (Phi) is 10.4. The predicted octanol–water partition coefficient (Wildman–Crippen LogP) is 11.0. The molecule has 0 aliphatic heterocycles. The Balaban J connectivity index is 0.000000496. The van der Waals surface area contributed by atoms with Crippen LogP contribution in [-0.4, -0.2) is 56.4 Å². The topological polar surface area (TPSA) is 165 Å². The number of aromatic amines is 3. The Morgan fingerprint density at radius 3 is 1.21 bits per heavy atom. The fourth-order valence-corrected chi connectivity index (χ4v) is 8.96. The fourth-order valence-electron chi connectivity index (χ4n) is 8.96. The van der Waals surface area contributed by atoms with Gasteiger partial charge in [0.1, 0.15) is 44.6 Å². The fraction of sp³-hybridized carbons (Fsp3) is 0.362. The van der Waals surface area contributed by atoms with Gasteiger partial charge in [-0.1, -0.05) is 106 Å². The highest BCUT2D eigenvalue weighted by Gasteiger charge is 2.30. The molecular formula is C47H55N9O2. The third kappa shape index (κ3) is 8.44. The molecule has 11 nitrogen and oxygen atoms in total. The molecule has 0 unspecified atom stereocenters. The van der Waals surface area contributed by atoms with Crippen molar-refractivity contribution < 1.29 is 10.2 Å². The second-order valence-electron chi connectivity index (χ2n) is 19.3. The normalized spacial score (nSPS) is 12.7. The lowest BCUT2D eigenvalue weighted by Crippen LogP contribution is -2.24. The lowest BCUT2D eigenvalue weighted by Gasteiger charge is -2.33. The number of para-hydroxylation sites is 2. The second-order valence-corrected chi connectivity index (χ2v) is 19.3. The molecule has 8 aromatic rings. The van der Waals surface area contributed by atoms with Crippen molar-refractivity contribution in [1.82, 2.24) is 46.2 Å². The molecule has 11 heteroatoms. The summed E-state index contributed by atoms with van der Waals surface area (Å²) in [5, 5.41) is 56.8. The van der Waals surface area contributed by atoms with Gasteiger partial charge in [0, 0.05) is 17.5 Å². The van der Waals surface area contributed by atoms with Crippen LogP contribution >= 0.6 is 0 Å². The highest BCUT2D eigenvalue weighted by atomic mass is 16.3. The van der Waals surface area contributed by atoms with Crippen molar-refractivity contribution in [3.63, 3.8) is 0 Å². The first-order valence-corrected chi connectivity index (χ1v) is 19.9. The van der Waals surface area contributed by atoms with Crippen molar-refractivity contribution in [1.29, 1.82) is 0 Å². The van der Waals surface area contributed by atoms with Gasteiger partial charge in [0.05, 0.1) is 0 Å². The van der Waals surface area contributed by atoms with E-state index in [0.717, 1.165) is 79.4 Å². The highest BCUT2D eigenvalue weighted by Crippen LogP contribution is 2.45. The molecule has 300 valence electrons. The van der Waals surface area contributed by atoms with Gasteiger partial charge < -0.3 is 10.2 Å². The van der Waals surface area contributed by atoms with E-state index >= 15 is 0 Å². The minimum absolute atomic E-state index is 0.123. The number of benzene rings is 5. The number of aromatic nitrogens is 9. The summed E-state index contributed by atoms with van der Waals surface area (Å²) in [4.78, 5) is 0. The monoisotopic (exact) mass is 777 g/mol. The van der Waals surface area contributed by atoms with Crippen LogP contribution in [0.3, 0.4) is 0 Å². The molecule has 3 heterocycles. The van der Waals surface area contributed by atoms with E-state index in [-0.39, 0.29) is 33.2 Å². The molecule has 0 amide bonds. The van der Waals surface area contributed by atoms with Crippen molar-refractivity contribution in [2.75, 3.05) is 0 Å². The van der Waals surface area contributed by atoms with E-state index in [4.69, 9.17) is 0 Å². The molecule has 0 radical (unpaired) electrons. The Morgan fingerprint density at radius 2 is 0.810 bits per heavy atom. The minimum atomic E-state index is -0.123. The van der Waals surface area contributed by atoms with E-state index in [1.165, 1.54) is 0 Å². The van der Waals surface area contributed by atoms with E-state index in [0.29, 0.717) is 17.5 Å². The molecule has 0 aliphatic carbocycles. The lowest BCUT2D eigenvalue weighted by atomic mass is 9.71. The summed E-state index contributed by atoms with van der Waals surface area (Å²) in [6.45, 7) is 22.6. The van der Waals surface area contributed by atoms with Crippen molar-refractivity contribution in [2.24, 2.45) is 10.8 Å². The molecular weight excluding hydrogens is 723 g/mol. The van der Waals surface area contributed by atoms with Gasteiger partial charge in [0.15, 0.2) is 0 Å². The van der Waals surface area contributed by atoms with E-state index < -0.39 is 0 Å². The number of fused-ring (bicyclic) bond motifs is 3.